The van der Waals surface area contributed by atoms with Gasteiger partial charge < -0.3 is 5.32 Å². The van der Waals surface area contributed by atoms with Gasteiger partial charge in [0.05, 0.1) is 23.2 Å². The van der Waals surface area contributed by atoms with Crippen LogP contribution in [0, 0.1) is 6.92 Å². The fourth-order valence-electron chi connectivity index (χ4n) is 4.04. The Morgan fingerprint density at radius 1 is 1.16 bits per heavy atom. The van der Waals surface area contributed by atoms with Crippen molar-refractivity contribution in [1.82, 2.24) is 21.1 Å². The minimum Gasteiger partial charge on any atom is -0.311 e. The van der Waals surface area contributed by atoms with Gasteiger partial charge >= 0.3 is 0 Å². The monoisotopic (exact) mass is 420 g/mol. The average molecular weight is 421 g/mol. The Morgan fingerprint density at radius 2 is 1.97 bits per heavy atom. The van der Waals surface area contributed by atoms with E-state index in [1.165, 1.54) is 4.90 Å². The molecule has 162 valence electrons. The summed E-state index contributed by atoms with van der Waals surface area (Å²) in [5.41, 5.74) is 10.2. The molecular weight excluding hydrogens is 392 g/mol. The highest BCUT2D eigenvalue weighted by atomic mass is 16.2. The van der Waals surface area contributed by atoms with Crippen LogP contribution < -0.4 is 16.2 Å². The van der Waals surface area contributed by atoms with Crippen LogP contribution in [0.5, 0.6) is 0 Å². The number of hydrogen-bond acceptors (Lipinski definition) is 5. The number of nitrogens with zero attached hydrogens (tertiary/aromatic N) is 1. The van der Waals surface area contributed by atoms with Gasteiger partial charge in [-0.25, -0.2) is 0 Å². The molecule has 3 N–H and O–H groups in total. The van der Waals surface area contributed by atoms with E-state index < -0.39 is 0 Å². The first kappa shape index (κ1) is 20.7. The largest absolute Gasteiger partial charge is 0.311 e. The first-order chi connectivity index (χ1) is 14.8. The molecule has 31 heavy (non-hydrogen) atoms. The van der Waals surface area contributed by atoms with Crippen molar-refractivity contribution < 1.29 is 15.8 Å². The molecule has 0 bridgehead atoms. The summed E-state index contributed by atoms with van der Waals surface area (Å²) in [6.07, 6.45) is 12.1. The lowest BCUT2D eigenvalue weighted by Gasteiger charge is -2.21. The van der Waals surface area contributed by atoms with E-state index >= 15 is 0 Å². The van der Waals surface area contributed by atoms with Crippen LogP contribution in [-0.4, -0.2) is 28.7 Å². The van der Waals surface area contributed by atoms with Crippen molar-refractivity contribution in [2.24, 2.45) is 0 Å². The van der Waals surface area contributed by atoms with Gasteiger partial charge in [-0.1, -0.05) is 24.3 Å². The molecule has 0 spiro atoms. The predicted octanol–water partition coefficient (Wildman–Crippen LogP) is 3.01. The van der Waals surface area contributed by atoms with Crippen molar-refractivity contribution in [3.63, 3.8) is 0 Å². The third-order valence-corrected chi connectivity index (χ3v) is 5.44. The molecule has 1 aromatic rings. The second-order valence-corrected chi connectivity index (χ2v) is 8.20. The van der Waals surface area contributed by atoms with Crippen molar-refractivity contribution in [3.8, 4) is 0 Å². The van der Waals surface area contributed by atoms with Crippen LogP contribution in [-0.2, 0) is 11.2 Å². The Hall–Kier alpha value is -3.61. The minimum absolute atomic E-state index is 0. The Morgan fingerprint density at radius 3 is 2.61 bits per heavy atom. The van der Waals surface area contributed by atoms with E-state index in [4.69, 9.17) is 0 Å². The number of amides is 3. The molecule has 3 amide bonds. The summed E-state index contributed by atoms with van der Waals surface area (Å²) < 4.78 is 0. The molecule has 0 unspecified atom stereocenters. The van der Waals surface area contributed by atoms with Crippen LogP contribution >= 0.6 is 0 Å². The zero-order chi connectivity index (χ0) is 22.1. The van der Waals surface area contributed by atoms with Crippen molar-refractivity contribution >= 4 is 17.7 Å². The Balaban J connectivity index is 0.00000289. The second-order valence-electron chi connectivity index (χ2n) is 8.20. The second kappa shape index (κ2) is 8.26. The molecule has 0 atom stereocenters. The molecule has 0 fully saturated rings. The van der Waals surface area contributed by atoms with Crippen LogP contribution in [0.4, 0.5) is 0 Å². The molecule has 7 heteroatoms. The zero-order valence-corrected chi connectivity index (χ0v) is 17.9. The Kier molecular flexibility index (Phi) is 5.50. The van der Waals surface area contributed by atoms with Crippen molar-refractivity contribution in [2.45, 2.75) is 46.1 Å². The molecule has 2 aliphatic heterocycles. The van der Waals surface area contributed by atoms with Crippen molar-refractivity contribution in [2.75, 3.05) is 0 Å². The average Bonchev–Trinajstić information content (AvgIpc) is 2.99. The van der Waals surface area contributed by atoms with Gasteiger partial charge in [0.25, 0.3) is 11.8 Å². The summed E-state index contributed by atoms with van der Waals surface area (Å²) in [5.74, 6) is -0.393. The van der Waals surface area contributed by atoms with Gasteiger partial charge in [0.15, 0.2) is 0 Å². The molecule has 0 radical (unpaired) electrons. The molecule has 7 nitrogen and oxygen atoms in total. The van der Waals surface area contributed by atoms with E-state index in [1.54, 1.807) is 32.1 Å². The summed E-state index contributed by atoms with van der Waals surface area (Å²) >= 11 is 0. The van der Waals surface area contributed by atoms with Crippen LogP contribution in [0.15, 0.2) is 59.6 Å². The highest BCUT2D eigenvalue weighted by molar-refractivity contribution is 6.22. The fraction of sp³-hybridized carbons (Fsp3) is 0.292. The summed E-state index contributed by atoms with van der Waals surface area (Å²) in [6.45, 7) is 5.46. The number of benzene rings is 1. The molecule has 1 aliphatic carbocycles. The lowest BCUT2D eigenvalue weighted by molar-refractivity contribution is -0.119. The SMILES string of the molecule is Cc1cc(CC(=O)NC2=CC=C(C3=CCCC=C3)NN2)c2c(c1)C(=O)N(C(C)C)C2=O.[HH]. The van der Waals surface area contributed by atoms with E-state index in [9.17, 15) is 14.4 Å². The van der Waals surface area contributed by atoms with Gasteiger partial charge in [-0.05, 0) is 68.5 Å². The standard InChI is InChI=1S/C24H26N4O3.H2/c1-14(2)28-23(30)18-12-15(3)11-17(22(18)24(28)31)13-21(29)25-20-10-9-19(26-27-20)16-7-5-4-6-8-16;/h5,7-12,14,26-27H,4,6,13H2,1-3H3,(H,25,29);1H. The highest BCUT2D eigenvalue weighted by Crippen LogP contribution is 2.29. The van der Waals surface area contributed by atoms with Gasteiger partial charge in [0.2, 0.25) is 5.91 Å². The third kappa shape index (κ3) is 4.03. The smallest absolute Gasteiger partial charge is 0.262 e. The molecule has 4 rings (SSSR count). The van der Waals surface area contributed by atoms with Crippen molar-refractivity contribution in [1.29, 1.82) is 0 Å². The number of carbonyl (C=O) groups is 3. The fourth-order valence-corrected chi connectivity index (χ4v) is 4.04. The van der Waals surface area contributed by atoms with E-state index in [1.807, 2.05) is 13.0 Å². The van der Waals surface area contributed by atoms with Gasteiger partial charge in [-0.2, -0.15) is 0 Å². The van der Waals surface area contributed by atoms with Crippen molar-refractivity contribution in [3.05, 3.63) is 81.9 Å². The number of rotatable bonds is 5. The topological polar surface area (TPSA) is 90.5 Å². The maximum atomic E-state index is 12.9. The lowest BCUT2D eigenvalue weighted by Crippen LogP contribution is -2.41. The molecule has 3 aliphatic rings. The molecule has 2 heterocycles. The third-order valence-electron chi connectivity index (χ3n) is 5.44. The molecular formula is C24H28N4O3. The van der Waals surface area contributed by atoms with Crippen LogP contribution in [0.1, 0.15) is 60.0 Å². The number of hydrazine groups is 1. The summed E-state index contributed by atoms with van der Waals surface area (Å²) in [5, 5.41) is 2.82. The molecule has 1 aromatic carbocycles. The van der Waals surface area contributed by atoms with E-state index in [2.05, 4.69) is 34.4 Å². The lowest BCUT2D eigenvalue weighted by atomic mass is 9.97. The minimum atomic E-state index is -0.337. The summed E-state index contributed by atoms with van der Waals surface area (Å²) in [4.78, 5) is 39.5. The number of imide groups is 1. The Labute approximate surface area is 183 Å². The van der Waals surface area contributed by atoms with Crippen LogP contribution in [0.3, 0.4) is 0 Å². The van der Waals surface area contributed by atoms with E-state index in [-0.39, 0.29) is 31.6 Å². The quantitative estimate of drug-likeness (QED) is 0.637. The first-order valence-corrected chi connectivity index (χ1v) is 10.5. The number of nitrogens with one attached hydrogen (secondary N) is 3. The molecule has 0 saturated carbocycles. The van der Waals surface area contributed by atoms with E-state index in [0.717, 1.165) is 29.7 Å². The predicted molar refractivity (Wildman–Crippen MR) is 120 cm³/mol. The van der Waals surface area contributed by atoms with Gasteiger partial charge in [-0.15, -0.1) is 0 Å². The first-order valence-electron chi connectivity index (χ1n) is 10.5. The Bertz CT molecular complexity index is 1100. The molecule has 0 aromatic heterocycles. The summed E-state index contributed by atoms with van der Waals surface area (Å²) in [6, 6.07) is 3.27. The van der Waals surface area contributed by atoms with Crippen LogP contribution in [0.25, 0.3) is 0 Å². The van der Waals surface area contributed by atoms with Gasteiger partial charge in [0.1, 0.15) is 5.82 Å². The number of allylic oxidation sites excluding steroid dienone is 5. The number of hydrogen-bond donors (Lipinski definition) is 3. The maximum absolute atomic E-state index is 12.9. The highest BCUT2D eigenvalue weighted by Gasteiger charge is 2.39. The molecule has 0 saturated heterocycles. The number of aryl methyl sites for hydroxylation is 1. The zero-order valence-electron chi connectivity index (χ0n) is 17.9. The van der Waals surface area contributed by atoms with Crippen LogP contribution in [0.2, 0.25) is 0 Å². The van der Waals surface area contributed by atoms with Gasteiger partial charge in [-0.3, -0.25) is 30.1 Å². The maximum Gasteiger partial charge on any atom is 0.262 e. The van der Waals surface area contributed by atoms with E-state index in [0.29, 0.717) is 22.5 Å². The van der Waals surface area contributed by atoms with Gasteiger partial charge in [0, 0.05) is 7.47 Å². The summed E-state index contributed by atoms with van der Waals surface area (Å²) in [7, 11) is 0. The normalized spacial score (nSPS) is 17.5. The number of carbonyl (C=O) groups excluding carboxylic acids is 3. The number of fused-ring (bicyclic) bond motifs is 1.